The van der Waals surface area contributed by atoms with E-state index in [-0.39, 0.29) is 5.91 Å². The molecule has 1 aromatic heterocycles. The van der Waals surface area contributed by atoms with Crippen LogP contribution in [0.4, 0.5) is 5.82 Å². The van der Waals surface area contributed by atoms with Gasteiger partial charge in [0, 0.05) is 24.7 Å². The highest BCUT2D eigenvalue weighted by Crippen LogP contribution is 2.17. The van der Waals surface area contributed by atoms with E-state index in [1.165, 1.54) is 11.1 Å². The van der Waals surface area contributed by atoms with Crippen molar-refractivity contribution in [3.8, 4) is 5.88 Å². The van der Waals surface area contributed by atoms with Gasteiger partial charge in [-0.3, -0.25) is 4.79 Å². The largest absolute Gasteiger partial charge is 0.481 e. The van der Waals surface area contributed by atoms with Gasteiger partial charge in [0.1, 0.15) is 5.82 Å². The Kier molecular flexibility index (Phi) is 5.31. The van der Waals surface area contributed by atoms with Crippen molar-refractivity contribution in [1.82, 2.24) is 10.3 Å². The predicted octanol–water partition coefficient (Wildman–Crippen LogP) is 2.81. The molecule has 24 heavy (non-hydrogen) atoms. The Bertz CT molecular complexity index is 716. The molecule has 1 aliphatic rings. The van der Waals surface area contributed by atoms with Crippen LogP contribution < -0.4 is 15.4 Å². The summed E-state index contributed by atoms with van der Waals surface area (Å²) >= 11 is 0. The van der Waals surface area contributed by atoms with Gasteiger partial charge in [-0.1, -0.05) is 24.3 Å². The molecule has 1 aromatic carbocycles. The maximum Gasteiger partial charge on any atom is 0.251 e. The summed E-state index contributed by atoms with van der Waals surface area (Å²) in [6.07, 6.45) is 4.06. The third-order valence-corrected chi connectivity index (χ3v) is 4.16. The van der Waals surface area contributed by atoms with Crippen LogP contribution in [0.15, 0.2) is 36.4 Å². The molecule has 0 aliphatic carbocycles. The van der Waals surface area contributed by atoms with E-state index in [4.69, 9.17) is 4.74 Å². The van der Waals surface area contributed by atoms with Crippen molar-refractivity contribution in [3.05, 3.63) is 53.1 Å². The van der Waals surface area contributed by atoms with Gasteiger partial charge in [-0.25, -0.2) is 0 Å². The first kappa shape index (κ1) is 16.3. The lowest BCUT2D eigenvalue weighted by Gasteiger charge is -2.10. The highest BCUT2D eigenvalue weighted by molar-refractivity contribution is 5.95. The van der Waals surface area contributed by atoms with Gasteiger partial charge in [-0.15, -0.1) is 0 Å². The lowest BCUT2D eigenvalue weighted by atomic mass is 10.0. The number of aryl methyl sites for hydroxylation is 1. The summed E-state index contributed by atoms with van der Waals surface area (Å²) in [4.78, 5) is 16.7. The van der Waals surface area contributed by atoms with Gasteiger partial charge < -0.3 is 15.4 Å². The van der Waals surface area contributed by atoms with Crippen molar-refractivity contribution in [2.75, 3.05) is 25.5 Å². The minimum absolute atomic E-state index is 0.107. The second kappa shape index (κ2) is 7.81. The highest BCUT2D eigenvalue weighted by Gasteiger charge is 2.11. The number of benzene rings is 1. The SMILES string of the molecule is COc1cc2cc(n1)NCCCCc1cccc(c1)CCNC2=O. The molecule has 0 atom stereocenters. The number of nitrogens with one attached hydrogen (secondary N) is 2. The van der Waals surface area contributed by atoms with Gasteiger partial charge in [0.05, 0.1) is 7.11 Å². The second-order valence-electron chi connectivity index (χ2n) is 5.99. The van der Waals surface area contributed by atoms with Crippen LogP contribution in [0, 0.1) is 0 Å². The third-order valence-electron chi connectivity index (χ3n) is 4.16. The lowest BCUT2D eigenvalue weighted by Crippen LogP contribution is -2.26. The number of hydrogen-bond donors (Lipinski definition) is 2. The number of aromatic nitrogens is 1. The number of anilines is 1. The molecule has 2 N–H and O–H groups in total. The molecule has 3 rings (SSSR count). The Hall–Kier alpha value is -2.56. The lowest BCUT2D eigenvalue weighted by molar-refractivity contribution is 0.0953. The van der Waals surface area contributed by atoms with E-state index in [0.717, 1.165) is 32.2 Å². The summed E-state index contributed by atoms with van der Waals surface area (Å²) in [7, 11) is 1.56. The molecule has 1 aliphatic heterocycles. The molecule has 5 heteroatoms. The van der Waals surface area contributed by atoms with E-state index in [9.17, 15) is 4.79 Å². The van der Waals surface area contributed by atoms with Crippen molar-refractivity contribution in [3.63, 3.8) is 0 Å². The number of ether oxygens (including phenoxy) is 1. The number of fused-ring (bicyclic) bond motifs is 4. The number of amides is 1. The number of methoxy groups -OCH3 is 1. The number of carbonyl (C=O) groups is 1. The van der Waals surface area contributed by atoms with Gasteiger partial charge in [0.15, 0.2) is 0 Å². The van der Waals surface area contributed by atoms with Crippen molar-refractivity contribution in [2.24, 2.45) is 0 Å². The first-order valence-electron chi connectivity index (χ1n) is 8.40. The Morgan fingerprint density at radius 2 is 1.83 bits per heavy atom. The molecule has 5 nitrogen and oxygen atoms in total. The zero-order valence-corrected chi connectivity index (χ0v) is 14.0. The normalized spacial score (nSPS) is 15.5. The summed E-state index contributed by atoms with van der Waals surface area (Å²) in [5.41, 5.74) is 3.18. The van der Waals surface area contributed by atoms with Gasteiger partial charge in [0.2, 0.25) is 5.88 Å². The first-order valence-corrected chi connectivity index (χ1v) is 8.40. The molecule has 2 heterocycles. The average molecular weight is 325 g/mol. The second-order valence-corrected chi connectivity index (χ2v) is 5.99. The Balaban J connectivity index is 1.81. The molecule has 0 saturated carbocycles. The van der Waals surface area contributed by atoms with Crippen LogP contribution in [0.3, 0.4) is 0 Å². The zero-order valence-electron chi connectivity index (χ0n) is 14.0. The molecule has 0 fully saturated rings. The van der Waals surface area contributed by atoms with E-state index >= 15 is 0 Å². The fraction of sp³-hybridized carbons (Fsp3) is 0.368. The number of carbonyl (C=O) groups excluding carboxylic acids is 1. The van der Waals surface area contributed by atoms with Crippen molar-refractivity contribution in [2.45, 2.75) is 25.7 Å². The molecule has 1 amide bonds. The summed E-state index contributed by atoms with van der Waals surface area (Å²) in [6, 6.07) is 12.1. The zero-order chi connectivity index (χ0) is 16.8. The van der Waals surface area contributed by atoms with Crippen molar-refractivity contribution < 1.29 is 9.53 Å². The smallest absolute Gasteiger partial charge is 0.251 e. The molecule has 0 spiro atoms. The topological polar surface area (TPSA) is 63.2 Å². The Labute approximate surface area is 142 Å². The van der Waals surface area contributed by atoms with Gasteiger partial charge in [-0.05, 0) is 42.9 Å². The van der Waals surface area contributed by atoms with Crippen LogP contribution in [0.25, 0.3) is 0 Å². The van der Waals surface area contributed by atoms with Crippen LogP contribution in [-0.4, -0.2) is 31.1 Å². The number of pyridine rings is 1. The minimum Gasteiger partial charge on any atom is -0.481 e. The predicted molar refractivity (Wildman–Crippen MR) is 94.7 cm³/mol. The molecule has 0 radical (unpaired) electrons. The van der Waals surface area contributed by atoms with E-state index in [0.29, 0.717) is 23.8 Å². The molecule has 0 unspecified atom stereocenters. The quantitative estimate of drug-likeness (QED) is 0.846. The summed E-state index contributed by atoms with van der Waals surface area (Å²) in [5.74, 6) is 1.01. The minimum atomic E-state index is -0.107. The molecular weight excluding hydrogens is 302 g/mol. The Morgan fingerprint density at radius 1 is 1.00 bits per heavy atom. The maximum atomic E-state index is 12.4. The maximum absolute atomic E-state index is 12.4. The van der Waals surface area contributed by atoms with E-state index < -0.39 is 0 Å². The summed E-state index contributed by atoms with van der Waals surface area (Å²) in [6.45, 7) is 1.43. The van der Waals surface area contributed by atoms with Gasteiger partial charge >= 0.3 is 0 Å². The fourth-order valence-electron chi connectivity index (χ4n) is 2.87. The molecule has 4 bridgehead atoms. The van der Waals surface area contributed by atoms with Gasteiger partial charge in [0.25, 0.3) is 5.91 Å². The van der Waals surface area contributed by atoms with E-state index in [1.807, 2.05) is 0 Å². The standard InChI is InChI=1S/C19H23N3O2/c1-24-18-13-16-12-17(22-18)20-9-3-2-5-14-6-4-7-15(11-14)8-10-21-19(16)23/h4,6-7,11-13H,2-3,5,8-10H2,1H3,(H,20,22)(H,21,23). The first-order chi connectivity index (χ1) is 11.7. The van der Waals surface area contributed by atoms with Crippen molar-refractivity contribution >= 4 is 11.7 Å². The Morgan fingerprint density at radius 3 is 2.67 bits per heavy atom. The molecule has 2 aromatic rings. The van der Waals surface area contributed by atoms with Crippen LogP contribution in [0.5, 0.6) is 5.88 Å². The molecular formula is C19H23N3O2. The summed E-state index contributed by atoms with van der Waals surface area (Å²) < 4.78 is 5.21. The van der Waals surface area contributed by atoms with Crippen molar-refractivity contribution in [1.29, 1.82) is 0 Å². The summed E-state index contributed by atoms with van der Waals surface area (Å²) in [5, 5.41) is 6.26. The van der Waals surface area contributed by atoms with Crippen LogP contribution in [0.1, 0.15) is 34.3 Å². The molecule has 126 valence electrons. The van der Waals surface area contributed by atoms with Gasteiger partial charge in [-0.2, -0.15) is 4.98 Å². The van der Waals surface area contributed by atoms with Crippen LogP contribution >= 0.6 is 0 Å². The van der Waals surface area contributed by atoms with E-state index in [2.05, 4.69) is 39.9 Å². The monoisotopic (exact) mass is 325 g/mol. The third kappa shape index (κ3) is 4.25. The number of rotatable bonds is 1. The fourth-order valence-corrected chi connectivity index (χ4v) is 2.87. The van der Waals surface area contributed by atoms with Crippen LogP contribution in [-0.2, 0) is 12.8 Å². The van der Waals surface area contributed by atoms with Crippen LogP contribution in [0.2, 0.25) is 0 Å². The average Bonchev–Trinajstić information content (AvgIpc) is 2.61. The molecule has 0 saturated heterocycles. The van der Waals surface area contributed by atoms with E-state index in [1.54, 1.807) is 19.2 Å². The highest BCUT2D eigenvalue weighted by atomic mass is 16.5. The number of nitrogens with zero attached hydrogens (tertiary/aromatic N) is 1. The number of hydrogen-bond acceptors (Lipinski definition) is 4.